The molecule has 0 aliphatic rings. The largest absolute Gasteiger partial charge is 0.323 e. The normalized spacial score (nSPS) is 10.3. The maximum absolute atomic E-state index is 12.1. The van der Waals surface area contributed by atoms with Crippen LogP contribution in [-0.4, -0.2) is 23.0 Å². The second kappa shape index (κ2) is 7.07. The number of benzene rings is 2. The minimum atomic E-state index is -0.160. The lowest BCUT2D eigenvalue weighted by molar-refractivity contribution is 0.220. The van der Waals surface area contributed by atoms with E-state index in [1.165, 1.54) is 22.5 Å². The molecule has 0 spiro atoms. The van der Waals surface area contributed by atoms with Crippen molar-refractivity contribution >= 4 is 22.5 Å². The zero-order chi connectivity index (χ0) is 16.1. The summed E-state index contributed by atoms with van der Waals surface area (Å²) in [6, 6.07) is 18.3. The molecule has 1 aromatic heterocycles. The first kappa shape index (κ1) is 15.2. The summed E-state index contributed by atoms with van der Waals surface area (Å²) in [6.45, 7) is 0.548. The molecule has 0 fully saturated rings. The van der Waals surface area contributed by atoms with Crippen LogP contribution in [0.3, 0.4) is 0 Å². The average molecular weight is 323 g/mol. The second-order valence-corrected chi connectivity index (χ2v) is 6.08. The van der Waals surface area contributed by atoms with Gasteiger partial charge in [-0.25, -0.2) is 9.78 Å². The number of hydrogen-bond donors (Lipinski definition) is 1. The molecule has 2 amide bonds. The number of anilines is 1. The minimum absolute atomic E-state index is 0.160. The van der Waals surface area contributed by atoms with Crippen molar-refractivity contribution in [3.8, 4) is 11.1 Å². The van der Waals surface area contributed by atoms with Gasteiger partial charge in [0.15, 0.2) is 5.13 Å². The molecule has 0 saturated carbocycles. The van der Waals surface area contributed by atoms with Crippen molar-refractivity contribution in [1.82, 2.24) is 9.88 Å². The first-order valence-corrected chi connectivity index (χ1v) is 8.16. The van der Waals surface area contributed by atoms with Crippen LogP contribution in [0.15, 0.2) is 66.2 Å². The lowest BCUT2D eigenvalue weighted by atomic mass is 10.0. The van der Waals surface area contributed by atoms with Crippen LogP contribution in [0.25, 0.3) is 11.1 Å². The van der Waals surface area contributed by atoms with Crippen LogP contribution in [-0.2, 0) is 6.54 Å². The molecule has 4 nitrogen and oxygen atoms in total. The van der Waals surface area contributed by atoms with Crippen molar-refractivity contribution in [1.29, 1.82) is 0 Å². The van der Waals surface area contributed by atoms with Crippen molar-refractivity contribution in [3.63, 3.8) is 0 Å². The van der Waals surface area contributed by atoms with Crippen LogP contribution in [0, 0.1) is 0 Å². The zero-order valence-corrected chi connectivity index (χ0v) is 13.6. The molecular weight excluding hydrogens is 306 g/mol. The molecule has 2 aromatic carbocycles. The Morgan fingerprint density at radius 3 is 2.43 bits per heavy atom. The van der Waals surface area contributed by atoms with Gasteiger partial charge in [-0.05, 0) is 16.7 Å². The highest BCUT2D eigenvalue weighted by Gasteiger charge is 2.10. The van der Waals surface area contributed by atoms with Crippen LogP contribution in [0.5, 0.6) is 0 Å². The Morgan fingerprint density at radius 2 is 1.78 bits per heavy atom. The fourth-order valence-electron chi connectivity index (χ4n) is 2.25. The quantitative estimate of drug-likeness (QED) is 0.769. The second-order valence-electron chi connectivity index (χ2n) is 5.19. The van der Waals surface area contributed by atoms with Gasteiger partial charge in [0.1, 0.15) is 0 Å². The van der Waals surface area contributed by atoms with Gasteiger partial charge >= 0.3 is 6.03 Å². The molecule has 0 aliphatic carbocycles. The number of rotatable bonds is 4. The van der Waals surface area contributed by atoms with Gasteiger partial charge in [0, 0.05) is 25.2 Å². The summed E-state index contributed by atoms with van der Waals surface area (Å²) in [7, 11) is 1.77. The molecule has 0 radical (unpaired) electrons. The summed E-state index contributed by atoms with van der Waals surface area (Å²) in [6.07, 6.45) is 1.67. The maximum atomic E-state index is 12.1. The Hall–Kier alpha value is -2.66. The Kier molecular flexibility index (Phi) is 4.68. The van der Waals surface area contributed by atoms with E-state index in [9.17, 15) is 4.79 Å². The third-order valence-electron chi connectivity index (χ3n) is 3.47. The molecule has 3 aromatic rings. The number of thiazole rings is 1. The summed E-state index contributed by atoms with van der Waals surface area (Å²) < 4.78 is 0. The highest BCUT2D eigenvalue weighted by atomic mass is 32.1. The van der Waals surface area contributed by atoms with Gasteiger partial charge in [0.25, 0.3) is 0 Å². The van der Waals surface area contributed by atoms with E-state index in [0.29, 0.717) is 11.7 Å². The Morgan fingerprint density at radius 1 is 1.09 bits per heavy atom. The van der Waals surface area contributed by atoms with Gasteiger partial charge in [-0.15, -0.1) is 11.3 Å². The molecule has 116 valence electrons. The van der Waals surface area contributed by atoms with E-state index in [2.05, 4.69) is 46.7 Å². The van der Waals surface area contributed by atoms with Crippen LogP contribution in [0.4, 0.5) is 9.93 Å². The zero-order valence-electron chi connectivity index (χ0n) is 12.8. The van der Waals surface area contributed by atoms with Crippen LogP contribution >= 0.6 is 11.3 Å². The van der Waals surface area contributed by atoms with Gasteiger partial charge in [0.2, 0.25) is 0 Å². The number of nitrogens with one attached hydrogen (secondary N) is 1. The number of hydrogen-bond acceptors (Lipinski definition) is 3. The summed E-state index contributed by atoms with van der Waals surface area (Å²) in [5.41, 5.74) is 3.44. The lowest BCUT2D eigenvalue weighted by Gasteiger charge is -2.17. The predicted octanol–water partition coefficient (Wildman–Crippen LogP) is 4.47. The number of nitrogens with zero attached hydrogens (tertiary/aromatic N) is 2. The number of aromatic nitrogens is 1. The summed E-state index contributed by atoms with van der Waals surface area (Å²) >= 11 is 1.40. The van der Waals surface area contributed by atoms with E-state index < -0.39 is 0 Å². The number of amides is 2. The lowest BCUT2D eigenvalue weighted by Crippen LogP contribution is -2.30. The van der Waals surface area contributed by atoms with E-state index >= 15 is 0 Å². The third kappa shape index (κ3) is 3.96. The molecule has 0 saturated heterocycles. The van der Waals surface area contributed by atoms with Crippen LogP contribution < -0.4 is 5.32 Å². The van der Waals surface area contributed by atoms with Crippen molar-refractivity contribution in [2.45, 2.75) is 6.54 Å². The first-order chi connectivity index (χ1) is 11.2. The van der Waals surface area contributed by atoms with Gasteiger partial charge in [-0.2, -0.15) is 0 Å². The highest BCUT2D eigenvalue weighted by Crippen LogP contribution is 2.20. The molecule has 0 atom stereocenters. The number of urea groups is 1. The van der Waals surface area contributed by atoms with Crippen LogP contribution in [0.1, 0.15) is 5.56 Å². The molecule has 0 aliphatic heterocycles. The molecular formula is C18H17N3OS. The molecule has 1 heterocycles. The molecule has 0 unspecified atom stereocenters. The molecule has 3 rings (SSSR count). The molecule has 5 heteroatoms. The van der Waals surface area contributed by atoms with E-state index in [1.54, 1.807) is 18.1 Å². The number of carbonyl (C=O) groups is 1. The first-order valence-electron chi connectivity index (χ1n) is 7.28. The third-order valence-corrected chi connectivity index (χ3v) is 4.16. The minimum Gasteiger partial charge on any atom is -0.323 e. The van der Waals surface area contributed by atoms with E-state index in [4.69, 9.17) is 0 Å². The van der Waals surface area contributed by atoms with E-state index in [0.717, 1.165) is 5.56 Å². The van der Waals surface area contributed by atoms with Gasteiger partial charge in [-0.3, -0.25) is 5.32 Å². The monoisotopic (exact) mass is 323 g/mol. The Balaban J connectivity index is 1.62. The van der Waals surface area contributed by atoms with Crippen molar-refractivity contribution < 1.29 is 4.79 Å². The summed E-state index contributed by atoms with van der Waals surface area (Å²) in [4.78, 5) is 17.8. The van der Waals surface area contributed by atoms with Gasteiger partial charge < -0.3 is 4.90 Å². The summed E-state index contributed by atoms with van der Waals surface area (Å²) in [5.74, 6) is 0. The topological polar surface area (TPSA) is 45.2 Å². The SMILES string of the molecule is CN(Cc1ccc(-c2ccccc2)cc1)C(=O)Nc1nccs1. The van der Waals surface area contributed by atoms with Crippen molar-refractivity contribution in [2.75, 3.05) is 12.4 Å². The van der Waals surface area contributed by atoms with E-state index in [1.807, 2.05) is 23.6 Å². The van der Waals surface area contributed by atoms with E-state index in [-0.39, 0.29) is 6.03 Å². The Labute approximate surface area is 139 Å². The predicted molar refractivity (Wildman–Crippen MR) is 94.5 cm³/mol. The van der Waals surface area contributed by atoms with Crippen molar-refractivity contribution in [2.24, 2.45) is 0 Å². The fourth-order valence-corrected chi connectivity index (χ4v) is 2.77. The number of carbonyl (C=O) groups excluding carboxylic acids is 1. The van der Waals surface area contributed by atoms with Gasteiger partial charge in [-0.1, -0.05) is 54.6 Å². The smallest absolute Gasteiger partial charge is 0.323 e. The standard InChI is InChI=1S/C18H17N3OS/c1-21(18(22)20-17-19-11-12-23-17)13-14-7-9-16(10-8-14)15-5-3-2-4-6-15/h2-12H,13H2,1H3,(H,19,20,22). The van der Waals surface area contributed by atoms with Crippen molar-refractivity contribution in [3.05, 3.63) is 71.7 Å². The average Bonchev–Trinajstić information content (AvgIpc) is 3.09. The fraction of sp³-hybridized carbons (Fsp3) is 0.111. The summed E-state index contributed by atoms with van der Waals surface area (Å²) in [5, 5.41) is 5.22. The molecule has 1 N–H and O–H groups in total. The molecule has 23 heavy (non-hydrogen) atoms. The Bertz CT molecular complexity index is 755. The molecule has 0 bridgehead atoms. The maximum Gasteiger partial charge on any atom is 0.323 e. The van der Waals surface area contributed by atoms with Gasteiger partial charge in [0.05, 0.1) is 0 Å². The highest BCUT2D eigenvalue weighted by molar-refractivity contribution is 7.13. The van der Waals surface area contributed by atoms with Crippen LogP contribution in [0.2, 0.25) is 0 Å².